The molecule has 2 radical (unpaired) electrons. The molecule has 0 aliphatic rings. The predicted octanol–water partition coefficient (Wildman–Crippen LogP) is 0.937. The molecule has 2 aromatic rings. The van der Waals surface area contributed by atoms with Crippen molar-refractivity contribution < 1.29 is 0 Å². The summed E-state index contributed by atoms with van der Waals surface area (Å²) < 4.78 is 0. The Morgan fingerprint density at radius 1 is 0.923 bits per heavy atom. The molecule has 0 aliphatic carbocycles. The highest BCUT2D eigenvalue weighted by Crippen LogP contribution is 2.10. The fourth-order valence-electron chi connectivity index (χ4n) is 1.08. The fourth-order valence-corrected chi connectivity index (χ4v) is 1.08. The average molecular weight is 166 g/mol. The van der Waals surface area contributed by atoms with Crippen molar-refractivity contribution in [1.82, 2.24) is 9.97 Å². The summed E-state index contributed by atoms with van der Waals surface area (Å²) in [6.07, 6.45) is 3.44. The first-order chi connectivity index (χ1) is 6.36. The van der Waals surface area contributed by atoms with E-state index in [1.165, 1.54) is 0 Å². The summed E-state index contributed by atoms with van der Waals surface area (Å²) in [5, 5.41) is 0. The molecule has 0 fully saturated rings. The molecule has 0 unspecified atom stereocenters. The van der Waals surface area contributed by atoms with E-state index < -0.39 is 0 Å². The summed E-state index contributed by atoms with van der Waals surface area (Å²) in [6.45, 7) is 0. The molecule has 1 aromatic carbocycles. The fraction of sp³-hybridized carbons (Fsp3) is 0. The van der Waals surface area contributed by atoms with Crippen LogP contribution in [0.5, 0.6) is 0 Å². The topological polar surface area (TPSA) is 25.8 Å². The average Bonchev–Trinajstić information content (AvgIpc) is 2.20. The van der Waals surface area contributed by atoms with Crippen LogP contribution in [0.2, 0.25) is 0 Å². The van der Waals surface area contributed by atoms with Crippen LogP contribution < -0.4 is 5.46 Å². The van der Waals surface area contributed by atoms with Gasteiger partial charge >= 0.3 is 0 Å². The number of benzene rings is 1. The minimum Gasteiger partial charge on any atom is -0.237 e. The third-order valence-electron chi connectivity index (χ3n) is 1.73. The van der Waals surface area contributed by atoms with Gasteiger partial charge < -0.3 is 0 Å². The first-order valence-corrected chi connectivity index (χ1v) is 3.99. The summed E-state index contributed by atoms with van der Waals surface area (Å²) in [5.41, 5.74) is 1.73. The van der Waals surface area contributed by atoms with Gasteiger partial charge in [-0.05, 0) is 6.07 Å². The Morgan fingerprint density at radius 3 is 2.15 bits per heavy atom. The van der Waals surface area contributed by atoms with Crippen LogP contribution in [0, 0.1) is 0 Å². The van der Waals surface area contributed by atoms with Crippen molar-refractivity contribution in [3.8, 4) is 11.4 Å². The number of hydrogen-bond donors (Lipinski definition) is 0. The molecule has 0 bridgehead atoms. The van der Waals surface area contributed by atoms with Gasteiger partial charge in [0.1, 0.15) is 7.85 Å². The highest BCUT2D eigenvalue weighted by atomic mass is 14.8. The van der Waals surface area contributed by atoms with Gasteiger partial charge in [0.2, 0.25) is 0 Å². The molecule has 0 saturated carbocycles. The standard InChI is InChI=1S/C10H7BN2/c11-9-4-2-8(3-5-9)10-12-6-1-7-13-10/h1-7H. The van der Waals surface area contributed by atoms with E-state index in [1.54, 1.807) is 18.5 Å². The van der Waals surface area contributed by atoms with Crippen LogP contribution in [0.15, 0.2) is 42.7 Å². The quantitative estimate of drug-likeness (QED) is 0.589. The third-order valence-corrected chi connectivity index (χ3v) is 1.73. The molecule has 3 heteroatoms. The SMILES string of the molecule is [B]c1ccc(-c2ncccn2)cc1. The Balaban J connectivity index is 2.42. The molecule has 13 heavy (non-hydrogen) atoms. The molecule has 0 spiro atoms. The van der Waals surface area contributed by atoms with Crippen LogP contribution >= 0.6 is 0 Å². The Morgan fingerprint density at radius 2 is 1.54 bits per heavy atom. The van der Waals surface area contributed by atoms with Crippen molar-refractivity contribution in [3.05, 3.63) is 42.7 Å². The minimum absolute atomic E-state index is 0.725. The van der Waals surface area contributed by atoms with Crippen molar-refractivity contribution in [2.45, 2.75) is 0 Å². The molecule has 2 nitrogen and oxygen atoms in total. The Kier molecular flexibility index (Phi) is 2.09. The zero-order chi connectivity index (χ0) is 9.10. The lowest BCUT2D eigenvalue weighted by atomic mass is 9.95. The van der Waals surface area contributed by atoms with E-state index >= 15 is 0 Å². The van der Waals surface area contributed by atoms with Crippen LogP contribution in [0.3, 0.4) is 0 Å². The number of aromatic nitrogens is 2. The summed E-state index contributed by atoms with van der Waals surface area (Å²) in [5.74, 6) is 0.725. The third kappa shape index (κ3) is 1.75. The molecule has 0 amide bonds. The van der Waals surface area contributed by atoms with E-state index in [0.29, 0.717) is 0 Å². The lowest BCUT2D eigenvalue weighted by Gasteiger charge is -1.98. The molecular formula is C10H7BN2. The lowest BCUT2D eigenvalue weighted by molar-refractivity contribution is 1.18. The molecule has 60 valence electrons. The Labute approximate surface area is 78.1 Å². The maximum atomic E-state index is 5.56. The Bertz CT molecular complexity index is 383. The Hall–Kier alpha value is -1.64. The first-order valence-electron chi connectivity index (χ1n) is 3.99. The van der Waals surface area contributed by atoms with Crippen LogP contribution in [-0.4, -0.2) is 17.8 Å². The number of nitrogens with zero attached hydrogens (tertiary/aromatic N) is 2. The molecule has 0 N–H and O–H groups in total. The molecule has 1 aromatic heterocycles. The van der Waals surface area contributed by atoms with E-state index in [9.17, 15) is 0 Å². The number of hydrogen-bond acceptors (Lipinski definition) is 2. The van der Waals surface area contributed by atoms with E-state index in [-0.39, 0.29) is 0 Å². The molecule has 0 aliphatic heterocycles. The molecule has 0 atom stereocenters. The second-order valence-corrected chi connectivity index (χ2v) is 2.69. The predicted molar refractivity (Wildman–Crippen MR) is 52.9 cm³/mol. The molecule has 0 saturated heterocycles. The highest BCUT2D eigenvalue weighted by molar-refractivity contribution is 6.32. The van der Waals surface area contributed by atoms with E-state index in [1.807, 2.05) is 24.3 Å². The second kappa shape index (κ2) is 3.39. The molecular weight excluding hydrogens is 159 g/mol. The number of rotatable bonds is 1. The first kappa shape index (κ1) is 7.99. The van der Waals surface area contributed by atoms with Crippen molar-refractivity contribution in [2.24, 2.45) is 0 Å². The van der Waals surface area contributed by atoms with E-state index in [2.05, 4.69) is 9.97 Å². The lowest BCUT2D eigenvalue weighted by Crippen LogP contribution is -1.99. The van der Waals surface area contributed by atoms with Gasteiger partial charge in [0.05, 0.1) is 0 Å². The van der Waals surface area contributed by atoms with Gasteiger partial charge in [-0.3, -0.25) is 0 Å². The maximum Gasteiger partial charge on any atom is 0.159 e. The highest BCUT2D eigenvalue weighted by Gasteiger charge is 1.96. The van der Waals surface area contributed by atoms with Gasteiger partial charge in [-0.15, -0.1) is 0 Å². The van der Waals surface area contributed by atoms with Crippen molar-refractivity contribution in [2.75, 3.05) is 0 Å². The zero-order valence-electron chi connectivity index (χ0n) is 7.01. The van der Waals surface area contributed by atoms with Gasteiger partial charge in [-0.25, -0.2) is 9.97 Å². The summed E-state index contributed by atoms with van der Waals surface area (Å²) in [6, 6.07) is 9.29. The van der Waals surface area contributed by atoms with Gasteiger partial charge in [0.25, 0.3) is 0 Å². The van der Waals surface area contributed by atoms with Crippen LogP contribution in [0.4, 0.5) is 0 Å². The maximum absolute atomic E-state index is 5.56. The van der Waals surface area contributed by atoms with Gasteiger partial charge in [-0.2, -0.15) is 0 Å². The molecule has 2 rings (SSSR count). The summed E-state index contributed by atoms with van der Waals surface area (Å²) >= 11 is 0. The second-order valence-electron chi connectivity index (χ2n) is 2.69. The minimum atomic E-state index is 0.725. The van der Waals surface area contributed by atoms with Crippen molar-refractivity contribution >= 4 is 13.3 Å². The largest absolute Gasteiger partial charge is 0.237 e. The van der Waals surface area contributed by atoms with Crippen LogP contribution in [0.1, 0.15) is 0 Å². The van der Waals surface area contributed by atoms with Crippen molar-refractivity contribution in [3.63, 3.8) is 0 Å². The van der Waals surface area contributed by atoms with Gasteiger partial charge in [0.15, 0.2) is 5.82 Å². The zero-order valence-corrected chi connectivity index (χ0v) is 7.01. The van der Waals surface area contributed by atoms with Crippen LogP contribution in [-0.2, 0) is 0 Å². The van der Waals surface area contributed by atoms with Crippen LogP contribution in [0.25, 0.3) is 11.4 Å². The summed E-state index contributed by atoms with van der Waals surface area (Å²) in [4.78, 5) is 8.25. The normalized spacial score (nSPS) is 9.85. The van der Waals surface area contributed by atoms with Gasteiger partial charge in [0, 0.05) is 18.0 Å². The van der Waals surface area contributed by atoms with E-state index in [4.69, 9.17) is 7.85 Å². The van der Waals surface area contributed by atoms with Crippen molar-refractivity contribution in [1.29, 1.82) is 0 Å². The molecule has 1 heterocycles. The summed E-state index contributed by atoms with van der Waals surface area (Å²) in [7, 11) is 5.56. The van der Waals surface area contributed by atoms with E-state index in [0.717, 1.165) is 16.9 Å². The smallest absolute Gasteiger partial charge is 0.159 e. The monoisotopic (exact) mass is 166 g/mol. The van der Waals surface area contributed by atoms with Gasteiger partial charge in [-0.1, -0.05) is 29.7 Å².